The Morgan fingerprint density at radius 2 is 1.86 bits per heavy atom. The number of benzene rings is 2. The lowest BCUT2D eigenvalue weighted by Crippen LogP contribution is -2.04. The average Bonchev–Trinajstić information content (AvgIpc) is 2.39. The third kappa shape index (κ3) is 3.52. The van der Waals surface area contributed by atoms with Gasteiger partial charge in [0, 0.05) is 10.6 Å². The lowest BCUT2D eigenvalue weighted by molar-refractivity contribution is 0.0696. The number of aromatic carboxylic acids is 1. The second-order valence-electron chi connectivity index (χ2n) is 4.77. The van der Waals surface area contributed by atoms with E-state index in [9.17, 15) is 9.18 Å². The number of hydrogen-bond donors (Lipinski definition) is 1. The van der Waals surface area contributed by atoms with E-state index in [0.29, 0.717) is 10.8 Å². The molecule has 0 spiro atoms. The van der Waals surface area contributed by atoms with Gasteiger partial charge in [-0.2, -0.15) is 0 Å². The molecule has 2 rings (SSSR count). The van der Waals surface area contributed by atoms with Crippen LogP contribution in [0.5, 0.6) is 5.75 Å². The number of rotatable bonds is 4. The largest absolute Gasteiger partial charge is 0.488 e. The molecule has 0 atom stereocenters. The quantitative estimate of drug-likeness (QED) is 0.912. The number of ether oxygens (including phenoxy) is 1. The SMILES string of the molecule is Cc1cc(Cl)cc(C)c1OCc1cc(C(=O)O)ccc1F. The molecule has 2 aromatic rings. The average molecular weight is 309 g/mol. The number of carboxylic acids is 1. The molecule has 110 valence electrons. The number of halogens is 2. The molecule has 5 heteroatoms. The molecule has 21 heavy (non-hydrogen) atoms. The van der Waals surface area contributed by atoms with Crippen molar-refractivity contribution in [3.05, 3.63) is 63.4 Å². The Morgan fingerprint density at radius 1 is 1.24 bits per heavy atom. The highest BCUT2D eigenvalue weighted by molar-refractivity contribution is 6.30. The first kappa shape index (κ1) is 15.3. The van der Waals surface area contributed by atoms with E-state index in [0.717, 1.165) is 17.2 Å². The predicted molar refractivity (Wildman–Crippen MR) is 78.6 cm³/mol. The zero-order valence-electron chi connectivity index (χ0n) is 11.6. The fourth-order valence-electron chi connectivity index (χ4n) is 2.09. The standard InChI is InChI=1S/C16H14ClFO3/c1-9-5-13(17)6-10(2)15(9)21-8-12-7-11(16(19)20)3-4-14(12)18/h3-7H,8H2,1-2H3,(H,19,20). The van der Waals surface area contributed by atoms with E-state index in [1.54, 1.807) is 12.1 Å². The molecule has 0 aliphatic carbocycles. The van der Waals surface area contributed by atoms with Gasteiger partial charge in [0.2, 0.25) is 0 Å². The van der Waals surface area contributed by atoms with Crippen LogP contribution in [0.25, 0.3) is 0 Å². The molecule has 1 N–H and O–H groups in total. The smallest absolute Gasteiger partial charge is 0.335 e. The van der Waals surface area contributed by atoms with Crippen LogP contribution in [0.15, 0.2) is 30.3 Å². The van der Waals surface area contributed by atoms with Crippen molar-refractivity contribution in [2.75, 3.05) is 0 Å². The molecule has 2 aromatic carbocycles. The van der Waals surface area contributed by atoms with Crippen molar-refractivity contribution in [1.29, 1.82) is 0 Å². The van der Waals surface area contributed by atoms with E-state index in [1.807, 2.05) is 13.8 Å². The van der Waals surface area contributed by atoms with Gasteiger partial charge in [-0.3, -0.25) is 0 Å². The van der Waals surface area contributed by atoms with Gasteiger partial charge < -0.3 is 9.84 Å². The Kier molecular flexibility index (Phi) is 4.48. The Labute approximate surface area is 126 Å². The normalized spacial score (nSPS) is 10.5. The summed E-state index contributed by atoms with van der Waals surface area (Å²) in [6.45, 7) is 3.65. The second kappa shape index (κ2) is 6.14. The van der Waals surface area contributed by atoms with Crippen LogP contribution in [0, 0.1) is 19.7 Å². The van der Waals surface area contributed by atoms with Crippen molar-refractivity contribution >= 4 is 17.6 Å². The van der Waals surface area contributed by atoms with Crippen molar-refractivity contribution in [2.45, 2.75) is 20.5 Å². The van der Waals surface area contributed by atoms with Crippen LogP contribution in [-0.4, -0.2) is 11.1 Å². The van der Waals surface area contributed by atoms with Crippen molar-refractivity contribution < 1.29 is 19.0 Å². The number of hydrogen-bond acceptors (Lipinski definition) is 2. The Balaban J connectivity index is 2.24. The van der Waals surface area contributed by atoms with E-state index in [-0.39, 0.29) is 17.7 Å². The van der Waals surface area contributed by atoms with Gasteiger partial charge in [0.15, 0.2) is 0 Å². The molecule has 0 aliphatic heterocycles. The number of carboxylic acid groups (broad SMARTS) is 1. The van der Waals surface area contributed by atoms with E-state index >= 15 is 0 Å². The molecule has 0 aliphatic rings. The van der Waals surface area contributed by atoms with Gasteiger partial charge in [0.25, 0.3) is 0 Å². The first-order valence-corrected chi connectivity index (χ1v) is 6.67. The number of aryl methyl sites for hydroxylation is 2. The van der Waals surface area contributed by atoms with Crippen LogP contribution in [0.2, 0.25) is 5.02 Å². The fraction of sp³-hybridized carbons (Fsp3) is 0.188. The summed E-state index contributed by atoms with van der Waals surface area (Å²) in [7, 11) is 0. The van der Waals surface area contributed by atoms with Gasteiger partial charge in [0.05, 0.1) is 5.56 Å². The van der Waals surface area contributed by atoms with Crippen molar-refractivity contribution in [1.82, 2.24) is 0 Å². The minimum atomic E-state index is -1.10. The van der Waals surface area contributed by atoms with Gasteiger partial charge in [-0.25, -0.2) is 9.18 Å². The van der Waals surface area contributed by atoms with Crippen LogP contribution >= 0.6 is 11.6 Å². The molecular formula is C16H14ClFO3. The molecule has 3 nitrogen and oxygen atoms in total. The molecule has 0 heterocycles. The van der Waals surface area contributed by atoms with E-state index in [1.165, 1.54) is 12.1 Å². The van der Waals surface area contributed by atoms with Gasteiger partial charge in [0.1, 0.15) is 18.2 Å². The van der Waals surface area contributed by atoms with Crippen LogP contribution in [0.3, 0.4) is 0 Å². The molecular weight excluding hydrogens is 295 g/mol. The molecule has 0 unspecified atom stereocenters. The third-order valence-electron chi connectivity index (χ3n) is 3.09. The monoisotopic (exact) mass is 308 g/mol. The minimum Gasteiger partial charge on any atom is -0.488 e. The Morgan fingerprint density at radius 3 is 2.43 bits per heavy atom. The van der Waals surface area contributed by atoms with E-state index < -0.39 is 11.8 Å². The lowest BCUT2D eigenvalue weighted by atomic mass is 10.1. The third-order valence-corrected chi connectivity index (χ3v) is 3.31. The second-order valence-corrected chi connectivity index (χ2v) is 5.21. The summed E-state index contributed by atoms with van der Waals surface area (Å²) >= 11 is 5.94. The van der Waals surface area contributed by atoms with Crippen LogP contribution in [-0.2, 0) is 6.61 Å². The molecule has 0 saturated heterocycles. The summed E-state index contributed by atoms with van der Waals surface area (Å²) in [6, 6.07) is 7.14. The van der Waals surface area contributed by atoms with Crippen molar-refractivity contribution in [3.63, 3.8) is 0 Å². The highest BCUT2D eigenvalue weighted by Gasteiger charge is 2.11. The molecule has 0 bridgehead atoms. The van der Waals surface area contributed by atoms with E-state index in [2.05, 4.69) is 0 Å². The molecule has 0 fully saturated rings. The summed E-state index contributed by atoms with van der Waals surface area (Å²) < 4.78 is 19.3. The topological polar surface area (TPSA) is 46.5 Å². The van der Waals surface area contributed by atoms with Crippen LogP contribution in [0.4, 0.5) is 4.39 Å². The highest BCUT2D eigenvalue weighted by Crippen LogP contribution is 2.28. The molecule has 0 aromatic heterocycles. The zero-order valence-corrected chi connectivity index (χ0v) is 12.4. The van der Waals surface area contributed by atoms with Crippen molar-refractivity contribution in [2.24, 2.45) is 0 Å². The summed E-state index contributed by atoms with van der Waals surface area (Å²) in [5, 5.41) is 9.53. The van der Waals surface area contributed by atoms with Crippen LogP contribution < -0.4 is 4.74 Å². The maximum absolute atomic E-state index is 13.7. The fourth-order valence-corrected chi connectivity index (χ4v) is 2.42. The lowest BCUT2D eigenvalue weighted by Gasteiger charge is -2.13. The maximum atomic E-state index is 13.7. The first-order chi connectivity index (χ1) is 9.88. The Hall–Kier alpha value is -2.07. The summed E-state index contributed by atoms with van der Waals surface area (Å²) in [5.74, 6) is -0.973. The maximum Gasteiger partial charge on any atom is 0.335 e. The summed E-state index contributed by atoms with van der Waals surface area (Å²) in [4.78, 5) is 10.9. The highest BCUT2D eigenvalue weighted by atomic mass is 35.5. The van der Waals surface area contributed by atoms with E-state index in [4.69, 9.17) is 21.4 Å². The summed E-state index contributed by atoms with van der Waals surface area (Å²) in [6.07, 6.45) is 0. The number of carbonyl (C=O) groups is 1. The van der Waals surface area contributed by atoms with Gasteiger partial charge in [-0.15, -0.1) is 0 Å². The van der Waals surface area contributed by atoms with Crippen molar-refractivity contribution in [3.8, 4) is 5.75 Å². The minimum absolute atomic E-state index is 0.0274. The predicted octanol–water partition coefficient (Wildman–Crippen LogP) is 4.37. The Bertz CT molecular complexity index is 675. The summed E-state index contributed by atoms with van der Waals surface area (Å²) in [5.41, 5.74) is 1.91. The molecule has 0 amide bonds. The van der Waals surface area contributed by atoms with Gasteiger partial charge >= 0.3 is 5.97 Å². The molecule has 0 saturated carbocycles. The molecule has 0 radical (unpaired) electrons. The first-order valence-electron chi connectivity index (χ1n) is 6.29. The van der Waals surface area contributed by atoms with Gasteiger partial charge in [-0.05, 0) is 55.3 Å². The van der Waals surface area contributed by atoms with Gasteiger partial charge in [-0.1, -0.05) is 11.6 Å². The zero-order chi connectivity index (χ0) is 15.6. The van der Waals surface area contributed by atoms with Crippen LogP contribution in [0.1, 0.15) is 27.0 Å².